The van der Waals surface area contributed by atoms with Gasteiger partial charge in [0.2, 0.25) is 5.58 Å². The van der Waals surface area contributed by atoms with Gasteiger partial charge in [-0.25, -0.2) is 9.97 Å². The maximum absolute atomic E-state index is 5.90. The molecule has 0 spiro atoms. The Balaban J connectivity index is 1.65. The van der Waals surface area contributed by atoms with Gasteiger partial charge in [0.1, 0.15) is 17.5 Å². The minimum atomic E-state index is 0.547. The van der Waals surface area contributed by atoms with Crippen molar-refractivity contribution in [1.29, 1.82) is 0 Å². The van der Waals surface area contributed by atoms with E-state index in [9.17, 15) is 0 Å². The Morgan fingerprint density at radius 3 is 2.54 bits per heavy atom. The van der Waals surface area contributed by atoms with Gasteiger partial charge in [-0.3, -0.25) is 0 Å². The van der Waals surface area contributed by atoms with Crippen LogP contribution in [-0.2, 0) is 6.54 Å². The summed E-state index contributed by atoms with van der Waals surface area (Å²) in [5.41, 5.74) is 4.00. The second-order valence-corrected chi connectivity index (χ2v) is 5.71. The number of nitrogens with one attached hydrogen (secondary N) is 1. The van der Waals surface area contributed by atoms with Crippen molar-refractivity contribution in [3.63, 3.8) is 0 Å². The second-order valence-electron chi connectivity index (χ2n) is 5.28. The van der Waals surface area contributed by atoms with Crippen LogP contribution in [0.3, 0.4) is 0 Å². The monoisotopic (exact) mass is 336 g/mol. The molecule has 0 atom stereocenters. The minimum absolute atomic E-state index is 0.547. The van der Waals surface area contributed by atoms with Gasteiger partial charge in [-0.1, -0.05) is 59.2 Å². The maximum Gasteiger partial charge on any atom is 0.228 e. The van der Waals surface area contributed by atoms with Gasteiger partial charge in [0.15, 0.2) is 5.82 Å². The smallest absolute Gasteiger partial charge is 0.228 e. The molecular formula is C18H13ClN4O. The van der Waals surface area contributed by atoms with Gasteiger partial charge in [-0.05, 0) is 17.7 Å². The Hall–Kier alpha value is -2.92. The van der Waals surface area contributed by atoms with E-state index in [1.165, 1.54) is 6.33 Å². The number of anilines is 1. The number of hydrogen-bond acceptors (Lipinski definition) is 5. The van der Waals surface area contributed by atoms with Crippen molar-refractivity contribution in [2.45, 2.75) is 6.54 Å². The van der Waals surface area contributed by atoms with Gasteiger partial charge in [-0.15, -0.1) is 0 Å². The largest absolute Gasteiger partial charge is 0.363 e. The standard InChI is InChI=1S/C18H13ClN4O/c19-14-8-6-12(7-9-14)10-20-18-17-16(21-11-22-18)15(23-24-17)13-4-2-1-3-5-13/h1-9,11H,10H2,(H,20,21,22). The molecule has 0 aliphatic carbocycles. The third-order valence-corrected chi connectivity index (χ3v) is 3.93. The van der Waals surface area contributed by atoms with Crippen LogP contribution in [0, 0.1) is 0 Å². The zero-order valence-corrected chi connectivity index (χ0v) is 13.4. The van der Waals surface area contributed by atoms with E-state index >= 15 is 0 Å². The molecule has 0 aliphatic heterocycles. The maximum atomic E-state index is 5.90. The molecule has 6 heteroatoms. The number of benzene rings is 2. The molecule has 0 radical (unpaired) electrons. The third-order valence-electron chi connectivity index (χ3n) is 3.68. The van der Waals surface area contributed by atoms with E-state index in [0.29, 0.717) is 34.2 Å². The highest BCUT2D eigenvalue weighted by atomic mass is 35.5. The number of halogens is 1. The molecule has 0 unspecified atom stereocenters. The van der Waals surface area contributed by atoms with Gasteiger partial charge in [0.05, 0.1) is 0 Å². The van der Waals surface area contributed by atoms with E-state index in [1.54, 1.807) is 0 Å². The quantitative estimate of drug-likeness (QED) is 0.592. The molecule has 2 aromatic carbocycles. The highest BCUT2D eigenvalue weighted by Crippen LogP contribution is 2.29. The van der Waals surface area contributed by atoms with Gasteiger partial charge in [-0.2, -0.15) is 0 Å². The summed E-state index contributed by atoms with van der Waals surface area (Å²) in [5, 5.41) is 8.13. The van der Waals surface area contributed by atoms with Crippen molar-refractivity contribution in [2.75, 3.05) is 5.32 Å². The van der Waals surface area contributed by atoms with Crippen molar-refractivity contribution in [3.8, 4) is 11.3 Å². The molecule has 0 bridgehead atoms. The lowest BCUT2D eigenvalue weighted by atomic mass is 10.1. The molecule has 5 nitrogen and oxygen atoms in total. The molecule has 4 rings (SSSR count). The van der Waals surface area contributed by atoms with Crippen LogP contribution in [0.15, 0.2) is 65.4 Å². The number of hydrogen-bond donors (Lipinski definition) is 1. The molecule has 0 saturated carbocycles. The van der Waals surface area contributed by atoms with Crippen molar-refractivity contribution >= 4 is 28.5 Å². The molecule has 0 fully saturated rings. The highest BCUT2D eigenvalue weighted by molar-refractivity contribution is 6.30. The minimum Gasteiger partial charge on any atom is -0.363 e. The lowest BCUT2D eigenvalue weighted by Gasteiger charge is -2.05. The van der Waals surface area contributed by atoms with Crippen LogP contribution < -0.4 is 5.32 Å². The van der Waals surface area contributed by atoms with E-state index in [0.717, 1.165) is 11.1 Å². The zero-order chi connectivity index (χ0) is 16.4. The average Bonchev–Trinajstić information content (AvgIpc) is 3.07. The Kier molecular flexibility index (Phi) is 3.84. The summed E-state index contributed by atoms with van der Waals surface area (Å²) >= 11 is 5.90. The van der Waals surface area contributed by atoms with Gasteiger partial charge in [0, 0.05) is 17.1 Å². The molecule has 0 amide bonds. The predicted octanol–water partition coefficient (Wildman–Crippen LogP) is 4.55. The van der Waals surface area contributed by atoms with Gasteiger partial charge in [0.25, 0.3) is 0 Å². The fourth-order valence-electron chi connectivity index (χ4n) is 2.46. The summed E-state index contributed by atoms with van der Waals surface area (Å²) in [6.07, 6.45) is 1.51. The molecule has 0 aliphatic rings. The molecule has 24 heavy (non-hydrogen) atoms. The summed E-state index contributed by atoms with van der Waals surface area (Å²) in [6.45, 7) is 0.602. The average molecular weight is 337 g/mol. The first kappa shape index (κ1) is 14.7. The SMILES string of the molecule is Clc1ccc(CNc2ncnc3c(-c4ccccc4)noc23)cc1. The first-order valence-corrected chi connectivity index (χ1v) is 7.83. The van der Waals surface area contributed by atoms with Crippen LogP contribution in [0.1, 0.15) is 5.56 Å². The zero-order valence-electron chi connectivity index (χ0n) is 12.6. The van der Waals surface area contributed by atoms with E-state index in [1.807, 2.05) is 54.6 Å². The third kappa shape index (κ3) is 2.81. The van der Waals surface area contributed by atoms with Crippen LogP contribution in [0.4, 0.5) is 5.82 Å². The molecule has 0 saturated heterocycles. The lowest BCUT2D eigenvalue weighted by Crippen LogP contribution is -2.01. The predicted molar refractivity (Wildman–Crippen MR) is 93.8 cm³/mol. The number of nitrogens with zero attached hydrogens (tertiary/aromatic N) is 3. The normalized spacial score (nSPS) is 10.9. The van der Waals surface area contributed by atoms with Crippen LogP contribution in [0.25, 0.3) is 22.4 Å². The first-order chi connectivity index (χ1) is 11.8. The molecule has 1 N–H and O–H groups in total. The van der Waals surface area contributed by atoms with E-state index in [2.05, 4.69) is 20.4 Å². The fraction of sp³-hybridized carbons (Fsp3) is 0.0556. The number of rotatable bonds is 4. The Morgan fingerprint density at radius 1 is 0.958 bits per heavy atom. The first-order valence-electron chi connectivity index (χ1n) is 7.45. The molecule has 4 aromatic rings. The van der Waals surface area contributed by atoms with Crippen LogP contribution in [-0.4, -0.2) is 15.1 Å². The van der Waals surface area contributed by atoms with Crippen molar-refractivity contribution in [3.05, 3.63) is 71.5 Å². The summed E-state index contributed by atoms with van der Waals surface area (Å²) in [5.74, 6) is 0.615. The van der Waals surface area contributed by atoms with E-state index in [4.69, 9.17) is 16.1 Å². The van der Waals surface area contributed by atoms with Crippen LogP contribution >= 0.6 is 11.6 Å². The second kappa shape index (κ2) is 6.29. The fourth-order valence-corrected chi connectivity index (χ4v) is 2.59. The van der Waals surface area contributed by atoms with Crippen molar-refractivity contribution < 1.29 is 4.52 Å². The molecule has 2 aromatic heterocycles. The van der Waals surface area contributed by atoms with E-state index in [-0.39, 0.29) is 0 Å². The molecular weight excluding hydrogens is 324 g/mol. The number of fused-ring (bicyclic) bond motifs is 1. The Morgan fingerprint density at radius 2 is 1.75 bits per heavy atom. The highest BCUT2D eigenvalue weighted by Gasteiger charge is 2.15. The van der Waals surface area contributed by atoms with E-state index < -0.39 is 0 Å². The Labute approximate surface area is 143 Å². The van der Waals surface area contributed by atoms with Gasteiger partial charge >= 0.3 is 0 Å². The summed E-state index contributed by atoms with van der Waals surface area (Å²) in [4.78, 5) is 8.58. The topological polar surface area (TPSA) is 63.8 Å². The summed E-state index contributed by atoms with van der Waals surface area (Å²) < 4.78 is 5.48. The summed E-state index contributed by atoms with van der Waals surface area (Å²) in [6, 6.07) is 17.5. The van der Waals surface area contributed by atoms with Crippen LogP contribution in [0.5, 0.6) is 0 Å². The van der Waals surface area contributed by atoms with Crippen LogP contribution in [0.2, 0.25) is 5.02 Å². The van der Waals surface area contributed by atoms with Crippen molar-refractivity contribution in [2.24, 2.45) is 0 Å². The lowest BCUT2D eigenvalue weighted by molar-refractivity contribution is 0.459. The van der Waals surface area contributed by atoms with Gasteiger partial charge < -0.3 is 9.84 Å². The Bertz CT molecular complexity index is 967. The van der Waals surface area contributed by atoms with Crippen molar-refractivity contribution in [1.82, 2.24) is 15.1 Å². The number of aromatic nitrogens is 3. The summed E-state index contributed by atoms with van der Waals surface area (Å²) in [7, 11) is 0. The molecule has 118 valence electrons. The molecule has 2 heterocycles.